The molecule has 0 saturated carbocycles. The van der Waals surface area contributed by atoms with Gasteiger partial charge in [-0.1, -0.05) is 12.5 Å². The molecule has 0 radical (unpaired) electrons. The minimum Gasteiger partial charge on any atom is -0.494 e. The van der Waals surface area contributed by atoms with Gasteiger partial charge in [-0.05, 0) is 61.7 Å². The van der Waals surface area contributed by atoms with Crippen LogP contribution in [-0.4, -0.2) is 38.3 Å². The van der Waals surface area contributed by atoms with Gasteiger partial charge in [0.05, 0.1) is 11.5 Å². The SMILES string of the molecule is O=C(CCCOc1ccc(F)cc1)Nc1cccc(S(=O)(=O)N2CCCCC2)c1. The maximum atomic E-state index is 12.8. The van der Waals surface area contributed by atoms with Crippen LogP contribution in [0.5, 0.6) is 5.75 Å². The van der Waals surface area contributed by atoms with E-state index in [4.69, 9.17) is 4.74 Å². The van der Waals surface area contributed by atoms with Crippen molar-refractivity contribution in [3.05, 3.63) is 54.3 Å². The number of nitrogens with zero attached hydrogens (tertiary/aromatic N) is 1. The number of sulfonamides is 1. The number of anilines is 1. The van der Waals surface area contributed by atoms with Crippen molar-refractivity contribution in [1.29, 1.82) is 0 Å². The number of rotatable bonds is 8. The maximum absolute atomic E-state index is 12.8. The fourth-order valence-electron chi connectivity index (χ4n) is 3.17. The van der Waals surface area contributed by atoms with Crippen LogP contribution in [0.1, 0.15) is 32.1 Å². The van der Waals surface area contributed by atoms with Gasteiger partial charge < -0.3 is 10.1 Å². The number of hydrogen-bond acceptors (Lipinski definition) is 4. The fourth-order valence-corrected chi connectivity index (χ4v) is 4.73. The monoisotopic (exact) mass is 420 g/mol. The summed E-state index contributed by atoms with van der Waals surface area (Å²) in [7, 11) is -3.54. The lowest BCUT2D eigenvalue weighted by Gasteiger charge is -2.26. The minimum atomic E-state index is -3.54. The van der Waals surface area contributed by atoms with Gasteiger partial charge in [0.2, 0.25) is 15.9 Å². The molecule has 2 aromatic carbocycles. The lowest BCUT2D eigenvalue weighted by atomic mass is 10.2. The second kappa shape index (κ2) is 9.84. The molecular weight excluding hydrogens is 395 g/mol. The average molecular weight is 421 g/mol. The lowest BCUT2D eigenvalue weighted by Crippen LogP contribution is -2.35. The zero-order chi connectivity index (χ0) is 20.7. The van der Waals surface area contributed by atoms with Crippen LogP contribution < -0.4 is 10.1 Å². The van der Waals surface area contributed by atoms with E-state index in [2.05, 4.69) is 5.32 Å². The highest BCUT2D eigenvalue weighted by molar-refractivity contribution is 7.89. The van der Waals surface area contributed by atoms with Crippen LogP contribution in [0.3, 0.4) is 0 Å². The number of carbonyl (C=O) groups is 1. The third-order valence-electron chi connectivity index (χ3n) is 4.70. The van der Waals surface area contributed by atoms with Crippen molar-refractivity contribution < 1.29 is 22.3 Å². The predicted octanol–water partition coefficient (Wildman–Crippen LogP) is 3.80. The molecule has 29 heavy (non-hydrogen) atoms. The number of halogens is 1. The smallest absolute Gasteiger partial charge is 0.243 e. The van der Waals surface area contributed by atoms with Crippen LogP contribution in [0.15, 0.2) is 53.4 Å². The lowest BCUT2D eigenvalue weighted by molar-refractivity contribution is -0.116. The summed E-state index contributed by atoms with van der Waals surface area (Å²) in [4.78, 5) is 12.3. The van der Waals surface area contributed by atoms with Crippen molar-refractivity contribution in [2.75, 3.05) is 25.0 Å². The molecule has 1 amide bonds. The van der Waals surface area contributed by atoms with Crippen LogP contribution in [0.4, 0.5) is 10.1 Å². The van der Waals surface area contributed by atoms with Gasteiger partial charge in [0, 0.05) is 25.2 Å². The highest BCUT2D eigenvalue weighted by atomic mass is 32.2. The summed E-state index contributed by atoms with van der Waals surface area (Å²) < 4.78 is 45.3. The van der Waals surface area contributed by atoms with Crippen molar-refractivity contribution in [2.45, 2.75) is 37.0 Å². The molecule has 156 valence electrons. The molecule has 6 nitrogen and oxygen atoms in total. The summed E-state index contributed by atoms with van der Waals surface area (Å²) in [5.74, 6) is -0.0103. The van der Waals surface area contributed by atoms with E-state index in [0.29, 0.717) is 37.6 Å². The second-order valence-electron chi connectivity index (χ2n) is 6.95. The maximum Gasteiger partial charge on any atom is 0.243 e. The topological polar surface area (TPSA) is 75.7 Å². The molecular formula is C21H25FN2O4S. The van der Waals surface area contributed by atoms with Gasteiger partial charge in [-0.15, -0.1) is 0 Å². The Kier molecular flexibility index (Phi) is 7.22. The highest BCUT2D eigenvalue weighted by Gasteiger charge is 2.26. The normalized spacial score (nSPS) is 15.1. The summed E-state index contributed by atoms with van der Waals surface area (Å²) in [6, 6.07) is 12.0. The van der Waals surface area contributed by atoms with Crippen LogP contribution >= 0.6 is 0 Å². The number of amides is 1. The molecule has 1 saturated heterocycles. The second-order valence-corrected chi connectivity index (χ2v) is 8.88. The Hall–Kier alpha value is -2.45. The van der Waals surface area contributed by atoms with Crippen LogP contribution in [0, 0.1) is 5.82 Å². The van der Waals surface area contributed by atoms with Crippen molar-refractivity contribution in [2.24, 2.45) is 0 Å². The summed E-state index contributed by atoms with van der Waals surface area (Å²) in [5, 5.41) is 2.74. The van der Waals surface area contributed by atoms with Gasteiger partial charge in [0.1, 0.15) is 11.6 Å². The van der Waals surface area contributed by atoms with E-state index in [0.717, 1.165) is 19.3 Å². The third-order valence-corrected chi connectivity index (χ3v) is 6.60. The first-order valence-electron chi connectivity index (χ1n) is 9.73. The molecule has 1 N–H and O–H groups in total. The molecule has 1 aliphatic rings. The summed E-state index contributed by atoms with van der Waals surface area (Å²) in [5.41, 5.74) is 0.451. The van der Waals surface area contributed by atoms with E-state index < -0.39 is 10.0 Å². The number of carbonyl (C=O) groups excluding carboxylic acids is 1. The Morgan fingerprint density at radius 2 is 1.79 bits per heavy atom. The first-order chi connectivity index (χ1) is 13.9. The molecule has 0 spiro atoms. The Bertz CT molecular complexity index is 926. The molecule has 1 aliphatic heterocycles. The molecule has 1 heterocycles. The van der Waals surface area contributed by atoms with Crippen LogP contribution in [0.2, 0.25) is 0 Å². The van der Waals surface area contributed by atoms with Gasteiger partial charge in [0.15, 0.2) is 0 Å². The Morgan fingerprint density at radius 3 is 2.52 bits per heavy atom. The van der Waals surface area contributed by atoms with Crippen molar-refractivity contribution >= 4 is 21.6 Å². The quantitative estimate of drug-likeness (QED) is 0.659. The largest absolute Gasteiger partial charge is 0.494 e. The summed E-state index contributed by atoms with van der Waals surface area (Å²) in [6.07, 6.45) is 3.50. The van der Waals surface area contributed by atoms with E-state index >= 15 is 0 Å². The Labute approximate surface area is 170 Å². The van der Waals surface area contributed by atoms with Gasteiger partial charge in [-0.2, -0.15) is 4.31 Å². The van der Waals surface area contributed by atoms with Crippen molar-refractivity contribution in [3.63, 3.8) is 0 Å². The third kappa shape index (κ3) is 6.01. The van der Waals surface area contributed by atoms with Gasteiger partial charge in [-0.25, -0.2) is 12.8 Å². The van der Waals surface area contributed by atoms with Gasteiger partial charge in [0.25, 0.3) is 0 Å². The predicted molar refractivity (Wildman–Crippen MR) is 109 cm³/mol. The molecule has 0 atom stereocenters. The molecule has 8 heteroatoms. The van der Waals surface area contributed by atoms with Crippen LogP contribution in [0.25, 0.3) is 0 Å². The minimum absolute atomic E-state index is 0.192. The van der Waals surface area contributed by atoms with E-state index in [1.807, 2.05) is 0 Å². The van der Waals surface area contributed by atoms with E-state index in [1.54, 1.807) is 18.2 Å². The van der Waals surface area contributed by atoms with E-state index in [1.165, 1.54) is 34.6 Å². The van der Waals surface area contributed by atoms with Gasteiger partial charge >= 0.3 is 0 Å². The summed E-state index contributed by atoms with van der Waals surface area (Å²) >= 11 is 0. The molecule has 0 aliphatic carbocycles. The molecule has 3 rings (SSSR count). The Morgan fingerprint density at radius 1 is 1.07 bits per heavy atom. The highest BCUT2D eigenvalue weighted by Crippen LogP contribution is 2.23. The zero-order valence-electron chi connectivity index (χ0n) is 16.1. The Balaban J connectivity index is 1.50. The van der Waals surface area contributed by atoms with Crippen molar-refractivity contribution in [1.82, 2.24) is 4.31 Å². The number of benzene rings is 2. The standard InChI is InChI=1S/C21H25FN2O4S/c22-17-9-11-19(12-10-17)28-15-5-8-21(25)23-18-6-4-7-20(16-18)29(26,27)24-13-2-1-3-14-24/h4,6-7,9-12,16H,1-3,5,8,13-15H2,(H,23,25). The molecule has 2 aromatic rings. The van der Waals surface area contributed by atoms with E-state index in [9.17, 15) is 17.6 Å². The zero-order valence-corrected chi connectivity index (χ0v) is 17.0. The first-order valence-corrected chi connectivity index (χ1v) is 11.2. The van der Waals surface area contributed by atoms with E-state index in [-0.39, 0.29) is 23.0 Å². The summed E-state index contributed by atoms with van der Waals surface area (Å²) in [6.45, 7) is 1.39. The molecule has 0 bridgehead atoms. The molecule has 0 unspecified atom stereocenters. The number of ether oxygens (including phenoxy) is 1. The van der Waals surface area contributed by atoms with Crippen LogP contribution in [-0.2, 0) is 14.8 Å². The number of nitrogens with one attached hydrogen (secondary N) is 1. The van der Waals surface area contributed by atoms with Gasteiger partial charge in [-0.3, -0.25) is 4.79 Å². The fraction of sp³-hybridized carbons (Fsp3) is 0.381. The number of hydrogen-bond donors (Lipinski definition) is 1. The van der Waals surface area contributed by atoms with Crippen molar-refractivity contribution in [3.8, 4) is 5.75 Å². The molecule has 0 aromatic heterocycles. The number of piperidine rings is 1. The first kappa shape index (κ1) is 21.3. The molecule has 1 fully saturated rings. The average Bonchev–Trinajstić information content (AvgIpc) is 2.73.